The van der Waals surface area contributed by atoms with Crippen molar-refractivity contribution in [1.82, 2.24) is 10.3 Å². The summed E-state index contributed by atoms with van der Waals surface area (Å²) in [6.07, 6.45) is 1.41. The van der Waals surface area contributed by atoms with E-state index >= 15 is 0 Å². The Morgan fingerprint density at radius 1 is 1.21 bits per heavy atom. The Morgan fingerprint density at radius 2 is 1.96 bits per heavy atom. The summed E-state index contributed by atoms with van der Waals surface area (Å²) < 4.78 is 6.07. The molecule has 126 valence electrons. The Kier molecular flexibility index (Phi) is 5.35. The highest BCUT2D eigenvalue weighted by atomic mass is 79.9. The fourth-order valence-electron chi connectivity index (χ4n) is 2.69. The highest BCUT2D eigenvalue weighted by Crippen LogP contribution is 2.26. The van der Waals surface area contributed by atoms with Crippen molar-refractivity contribution in [2.75, 3.05) is 5.32 Å². The van der Waals surface area contributed by atoms with E-state index in [4.69, 9.17) is 4.74 Å². The Labute approximate surface area is 149 Å². The standard InChI is InChI=1S/C18H20BrN3O2/c1-12-16(7-8-17(19)20-12)21-14-9-15(10-14)22-18(23)24-11-13-5-3-2-4-6-13/h2-8,14-15,21H,9-11H2,1H3,(H,22,23). The van der Waals surface area contributed by atoms with Crippen molar-refractivity contribution in [2.45, 2.75) is 38.5 Å². The number of nitrogens with one attached hydrogen (secondary N) is 2. The largest absolute Gasteiger partial charge is 0.445 e. The van der Waals surface area contributed by atoms with Gasteiger partial charge in [0.25, 0.3) is 0 Å². The molecule has 1 fully saturated rings. The number of hydrogen-bond acceptors (Lipinski definition) is 4. The minimum atomic E-state index is -0.358. The average Bonchev–Trinajstić information content (AvgIpc) is 2.54. The number of carbonyl (C=O) groups is 1. The smallest absolute Gasteiger partial charge is 0.407 e. The number of pyridine rings is 1. The molecule has 24 heavy (non-hydrogen) atoms. The summed E-state index contributed by atoms with van der Waals surface area (Å²) >= 11 is 3.36. The second-order valence-electron chi connectivity index (χ2n) is 5.98. The molecule has 1 amide bonds. The number of halogens is 1. The lowest BCUT2D eigenvalue weighted by atomic mass is 9.86. The predicted molar refractivity (Wildman–Crippen MR) is 96.9 cm³/mol. The van der Waals surface area contributed by atoms with Gasteiger partial charge in [-0.3, -0.25) is 0 Å². The van der Waals surface area contributed by atoms with E-state index in [2.05, 4.69) is 31.5 Å². The first kappa shape index (κ1) is 16.8. The zero-order valence-corrected chi connectivity index (χ0v) is 15.0. The minimum absolute atomic E-state index is 0.162. The second-order valence-corrected chi connectivity index (χ2v) is 6.80. The third kappa shape index (κ3) is 4.47. The number of aromatic nitrogens is 1. The van der Waals surface area contributed by atoms with Crippen molar-refractivity contribution in [1.29, 1.82) is 0 Å². The van der Waals surface area contributed by atoms with Gasteiger partial charge in [0.1, 0.15) is 11.2 Å². The summed E-state index contributed by atoms with van der Waals surface area (Å²) in [6, 6.07) is 14.1. The lowest BCUT2D eigenvalue weighted by Crippen LogP contribution is -2.49. The molecule has 6 heteroatoms. The molecule has 1 aromatic carbocycles. The van der Waals surface area contributed by atoms with E-state index in [9.17, 15) is 4.79 Å². The Bertz CT molecular complexity index is 703. The van der Waals surface area contributed by atoms with E-state index in [1.807, 2.05) is 49.4 Å². The molecule has 2 N–H and O–H groups in total. The van der Waals surface area contributed by atoms with E-state index in [0.717, 1.165) is 34.4 Å². The number of carbonyl (C=O) groups excluding carboxylic acids is 1. The molecular formula is C18H20BrN3O2. The third-order valence-corrected chi connectivity index (χ3v) is 4.53. The molecule has 0 saturated heterocycles. The summed E-state index contributed by atoms with van der Waals surface area (Å²) in [5.41, 5.74) is 2.98. The van der Waals surface area contributed by atoms with Gasteiger partial charge in [-0.25, -0.2) is 9.78 Å². The molecule has 1 aromatic heterocycles. The van der Waals surface area contributed by atoms with Crippen molar-refractivity contribution in [2.24, 2.45) is 0 Å². The molecule has 0 unspecified atom stereocenters. The molecule has 0 spiro atoms. The summed E-state index contributed by atoms with van der Waals surface area (Å²) in [6.45, 7) is 2.27. The summed E-state index contributed by atoms with van der Waals surface area (Å²) in [7, 11) is 0. The second kappa shape index (κ2) is 7.66. The molecule has 1 heterocycles. The highest BCUT2D eigenvalue weighted by Gasteiger charge is 2.30. The van der Waals surface area contributed by atoms with Gasteiger partial charge < -0.3 is 15.4 Å². The van der Waals surface area contributed by atoms with Crippen molar-refractivity contribution in [3.63, 3.8) is 0 Å². The molecule has 0 radical (unpaired) electrons. The number of rotatable bonds is 5. The number of anilines is 1. The first-order valence-electron chi connectivity index (χ1n) is 7.97. The molecule has 0 bridgehead atoms. The third-order valence-electron chi connectivity index (χ3n) is 4.08. The SMILES string of the molecule is Cc1nc(Br)ccc1NC1CC(NC(=O)OCc2ccccc2)C1. The lowest BCUT2D eigenvalue weighted by Gasteiger charge is -2.36. The Balaban J connectivity index is 1.38. The van der Waals surface area contributed by atoms with E-state index in [1.165, 1.54) is 0 Å². The number of ether oxygens (including phenoxy) is 1. The molecule has 1 saturated carbocycles. The van der Waals surface area contributed by atoms with Crippen LogP contribution in [-0.4, -0.2) is 23.2 Å². The molecule has 1 aliphatic carbocycles. The van der Waals surface area contributed by atoms with Gasteiger partial charge in [-0.05, 0) is 53.4 Å². The van der Waals surface area contributed by atoms with Gasteiger partial charge in [0.05, 0.1) is 11.4 Å². The number of nitrogens with zero attached hydrogens (tertiary/aromatic N) is 1. The molecular weight excluding hydrogens is 370 g/mol. The van der Waals surface area contributed by atoms with Crippen LogP contribution in [0.1, 0.15) is 24.1 Å². The maximum Gasteiger partial charge on any atom is 0.407 e. The van der Waals surface area contributed by atoms with Crippen LogP contribution >= 0.6 is 15.9 Å². The highest BCUT2D eigenvalue weighted by molar-refractivity contribution is 9.10. The van der Waals surface area contributed by atoms with Crippen LogP contribution in [-0.2, 0) is 11.3 Å². The van der Waals surface area contributed by atoms with Gasteiger partial charge in [-0.15, -0.1) is 0 Å². The minimum Gasteiger partial charge on any atom is -0.445 e. The monoisotopic (exact) mass is 389 g/mol. The van der Waals surface area contributed by atoms with E-state index in [1.54, 1.807) is 0 Å². The van der Waals surface area contributed by atoms with Crippen LogP contribution in [0.25, 0.3) is 0 Å². The van der Waals surface area contributed by atoms with Crippen molar-refractivity contribution in [3.8, 4) is 0 Å². The van der Waals surface area contributed by atoms with Gasteiger partial charge >= 0.3 is 6.09 Å². The fraction of sp³-hybridized carbons (Fsp3) is 0.333. The van der Waals surface area contributed by atoms with Crippen LogP contribution in [0, 0.1) is 6.92 Å². The normalized spacial score (nSPS) is 19.2. The van der Waals surface area contributed by atoms with Gasteiger partial charge in [-0.2, -0.15) is 0 Å². The lowest BCUT2D eigenvalue weighted by molar-refractivity contribution is 0.129. The molecule has 0 aliphatic heterocycles. The number of alkyl carbamates (subject to hydrolysis) is 1. The molecule has 5 nitrogen and oxygen atoms in total. The topological polar surface area (TPSA) is 63.2 Å². The molecule has 0 atom stereocenters. The maximum absolute atomic E-state index is 11.8. The van der Waals surface area contributed by atoms with Crippen molar-refractivity contribution in [3.05, 3.63) is 58.3 Å². The maximum atomic E-state index is 11.8. The zero-order chi connectivity index (χ0) is 16.9. The van der Waals surface area contributed by atoms with Crippen LogP contribution in [0.2, 0.25) is 0 Å². The fourth-order valence-corrected chi connectivity index (χ4v) is 3.09. The Hall–Kier alpha value is -2.08. The van der Waals surface area contributed by atoms with E-state index in [0.29, 0.717) is 12.6 Å². The summed E-state index contributed by atoms with van der Waals surface area (Å²) in [4.78, 5) is 16.2. The summed E-state index contributed by atoms with van der Waals surface area (Å²) in [5.74, 6) is 0. The van der Waals surface area contributed by atoms with Gasteiger partial charge in [-0.1, -0.05) is 30.3 Å². The van der Waals surface area contributed by atoms with Crippen LogP contribution in [0.5, 0.6) is 0 Å². The molecule has 1 aliphatic rings. The first-order chi connectivity index (χ1) is 11.6. The van der Waals surface area contributed by atoms with Crippen molar-refractivity contribution < 1.29 is 9.53 Å². The number of benzene rings is 1. The van der Waals surface area contributed by atoms with Crippen molar-refractivity contribution >= 4 is 27.7 Å². The van der Waals surface area contributed by atoms with Crippen LogP contribution in [0.4, 0.5) is 10.5 Å². The van der Waals surface area contributed by atoms with Crippen LogP contribution in [0.15, 0.2) is 47.1 Å². The first-order valence-corrected chi connectivity index (χ1v) is 8.76. The zero-order valence-electron chi connectivity index (χ0n) is 13.5. The number of amides is 1. The predicted octanol–water partition coefficient (Wildman–Crippen LogP) is 4.02. The molecule has 2 aromatic rings. The number of hydrogen-bond donors (Lipinski definition) is 2. The van der Waals surface area contributed by atoms with Crippen LogP contribution < -0.4 is 10.6 Å². The summed E-state index contributed by atoms with van der Waals surface area (Å²) in [5, 5.41) is 6.36. The van der Waals surface area contributed by atoms with E-state index in [-0.39, 0.29) is 12.1 Å². The molecule has 3 rings (SSSR count). The van der Waals surface area contributed by atoms with Gasteiger partial charge in [0.15, 0.2) is 0 Å². The number of aryl methyl sites for hydroxylation is 1. The quantitative estimate of drug-likeness (QED) is 0.757. The van der Waals surface area contributed by atoms with Gasteiger partial charge in [0.2, 0.25) is 0 Å². The Morgan fingerprint density at radius 3 is 2.67 bits per heavy atom. The van der Waals surface area contributed by atoms with E-state index < -0.39 is 0 Å². The van der Waals surface area contributed by atoms with Crippen LogP contribution in [0.3, 0.4) is 0 Å². The van der Waals surface area contributed by atoms with Gasteiger partial charge in [0, 0.05) is 12.1 Å². The average molecular weight is 390 g/mol.